The monoisotopic (exact) mass is 382 g/mol. The zero-order valence-electron chi connectivity index (χ0n) is 17.0. The van der Waals surface area contributed by atoms with Crippen molar-refractivity contribution in [2.45, 2.75) is 6.42 Å². The van der Waals surface area contributed by atoms with Gasteiger partial charge in [-0.2, -0.15) is 0 Å². The highest BCUT2D eigenvalue weighted by Crippen LogP contribution is 2.20. The van der Waals surface area contributed by atoms with Crippen molar-refractivity contribution in [1.82, 2.24) is 10.2 Å². The first-order valence-corrected chi connectivity index (χ1v) is 9.75. The number of methoxy groups -OCH3 is 1. The highest BCUT2D eigenvalue weighted by Gasteiger charge is 2.21. The number of urea groups is 1. The Hall–Kier alpha value is -2.89. The number of ether oxygens (including phenoxy) is 1. The predicted molar refractivity (Wildman–Crippen MR) is 115 cm³/mol. The first-order chi connectivity index (χ1) is 13.6. The predicted octanol–water partition coefficient (Wildman–Crippen LogP) is 2.84. The van der Waals surface area contributed by atoms with E-state index in [4.69, 9.17) is 4.74 Å². The van der Waals surface area contributed by atoms with Crippen LogP contribution in [0, 0.1) is 0 Å². The van der Waals surface area contributed by atoms with Crippen LogP contribution in [0.15, 0.2) is 48.5 Å². The van der Waals surface area contributed by atoms with Crippen LogP contribution in [0.1, 0.15) is 5.56 Å². The van der Waals surface area contributed by atoms with Crippen molar-refractivity contribution in [3.8, 4) is 5.75 Å². The van der Waals surface area contributed by atoms with E-state index >= 15 is 0 Å². The minimum Gasteiger partial charge on any atom is -0.497 e. The molecule has 1 fully saturated rings. The quantitative estimate of drug-likeness (QED) is 0.835. The molecular formula is C22H30N4O2. The third-order valence-electron chi connectivity index (χ3n) is 5.12. The molecule has 1 N–H and O–H groups in total. The fourth-order valence-corrected chi connectivity index (χ4v) is 3.38. The van der Waals surface area contributed by atoms with Crippen molar-refractivity contribution in [3.05, 3.63) is 54.1 Å². The van der Waals surface area contributed by atoms with Gasteiger partial charge in [0.05, 0.1) is 7.11 Å². The number of anilines is 2. The van der Waals surface area contributed by atoms with Crippen molar-refractivity contribution >= 4 is 17.4 Å². The second kappa shape index (κ2) is 9.35. The Morgan fingerprint density at radius 3 is 2.43 bits per heavy atom. The van der Waals surface area contributed by atoms with E-state index in [1.165, 1.54) is 11.4 Å². The van der Waals surface area contributed by atoms with Gasteiger partial charge in [-0.15, -0.1) is 0 Å². The Bertz CT molecular complexity index is 768. The van der Waals surface area contributed by atoms with Crippen LogP contribution in [-0.4, -0.2) is 64.9 Å². The van der Waals surface area contributed by atoms with Crippen LogP contribution in [0.3, 0.4) is 0 Å². The van der Waals surface area contributed by atoms with Crippen LogP contribution < -0.4 is 19.9 Å². The summed E-state index contributed by atoms with van der Waals surface area (Å²) in [5.74, 6) is 0.846. The summed E-state index contributed by atoms with van der Waals surface area (Å²) in [6, 6.07) is 16.5. The van der Waals surface area contributed by atoms with Crippen molar-refractivity contribution < 1.29 is 9.53 Å². The van der Waals surface area contributed by atoms with Crippen molar-refractivity contribution in [2.24, 2.45) is 0 Å². The largest absolute Gasteiger partial charge is 0.497 e. The second-order valence-corrected chi connectivity index (χ2v) is 7.22. The van der Waals surface area contributed by atoms with Crippen molar-refractivity contribution in [1.29, 1.82) is 0 Å². The van der Waals surface area contributed by atoms with Gasteiger partial charge in [0.1, 0.15) is 5.75 Å². The Balaban J connectivity index is 1.43. The number of hydrogen-bond donors (Lipinski definition) is 1. The average molecular weight is 383 g/mol. The SMILES string of the molecule is COc1cccc(CCNC(=O)N2CCN(c3ccc(N(C)C)cc3)CC2)c1. The number of hydrogen-bond acceptors (Lipinski definition) is 4. The van der Waals surface area contributed by atoms with Gasteiger partial charge in [0, 0.05) is 58.2 Å². The highest BCUT2D eigenvalue weighted by atomic mass is 16.5. The lowest BCUT2D eigenvalue weighted by molar-refractivity contribution is 0.194. The van der Waals surface area contributed by atoms with Gasteiger partial charge in [-0.3, -0.25) is 0 Å². The van der Waals surface area contributed by atoms with Crippen LogP contribution in [-0.2, 0) is 6.42 Å². The van der Waals surface area contributed by atoms with Crippen LogP contribution in [0.25, 0.3) is 0 Å². The van der Waals surface area contributed by atoms with E-state index in [1.54, 1.807) is 7.11 Å². The number of amides is 2. The van der Waals surface area contributed by atoms with E-state index in [1.807, 2.05) is 37.2 Å². The molecule has 6 heteroatoms. The van der Waals surface area contributed by atoms with Crippen LogP contribution >= 0.6 is 0 Å². The third kappa shape index (κ3) is 5.09. The molecule has 150 valence electrons. The van der Waals surface area contributed by atoms with Gasteiger partial charge in [0.25, 0.3) is 0 Å². The maximum atomic E-state index is 12.4. The van der Waals surface area contributed by atoms with Crippen LogP contribution in [0.5, 0.6) is 5.75 Å². The molecule has 0 atom stereocenters. The summed E-state index contributed by atoms with van der Waals surface area (Å²) in [6.07, 6.45) is 0.793. The summed E-state index contributed by atoms with van der Waals surface area (Å²) in [5.41, 5.74) is 3.56. The fourth-order valence-electron chi connectivity index (χ4n) is 3.38. The lowest BCUT2D eigenvalue weighted by Gasteiger charge is -2.36. The normalized spacial score (nSPS) is 14.0. The molecule has 0 aromatic heterocycles. The minimum absolute atomic E-state index is 0.0190. The molecule has 0 radical (unpaired) electrons. The third-order valence-corrected chi connectivity index (χ3v) is 5.12. The molecule has 2 aromatic rings. The summed E-state index contributed by atoms with van der Waals surface area (Å²) < 4.78 is 5.24. The van der Waals surface area contributed by atoms with Crippen molar-refractivity contribution in [2.75, 3.05) is 63.7 Å². The minimum atomic E-state index is 0.0190. The van der Waals surface area contributed by atoms with Gasteiger partial charge in [-0.05, 0) is 48.4 Å². The molecule has 1 aliphatic rings. The summed E-state index contributed by atoms with van der Waals surface area (Å²) in [6.45, 7) is 3.80. The average Bonchev–Trinajstić information content (AvgIpc) is 2.74. The fraction of sp³-hybridized carbons (Fsp3) is 0.409. The molecule has 3 rings (SSSR count). The number of rotatable bonds is 6. The summed E-state index contributed by atoms with van der Waals surface area (Å²) in [5, 5.41) is 3.04. The number of piperazine rings is 1. The van der Waals surface area contributed by atoms with E-state index in [-0.39, 0.29) is 6.03 Å². The molecule has 0 saturated carbocycles. The molecule has 0 aliphatic carbocycles. The molecule has 2 amide bonds. The lowest BCUT2D eigenvalue weighted by atomic mass is 10.1. The molecule has 0 bridgehead atoms. The molecule has 0 spiro atoms. The van der Waals surface area contributed by atoms with E-state index < -0.39 is 0 Å². The van der Waals surface area contributed by atoms with E-state index in [0.29, 0.717) is 6.54 Å². The molecule has 6 nitrogen and oxygen atoms in total. The molecule has 1 aliphatic heterocycles. The summed E-state index contributed by atoms with van der Waals surface area (Å²) in [7, 11) is 5.75. The molecule has 1 saturated heterocycles. The van der Waals surface area contributed by atoms with Crippen LogP contribution in [0.4, 0.5) is 16.2 Å². The van der Waals surface area contributed by atoms with E-state index in [0.717, 1.165) is 43.9 Å². The van der Waals surface area contributed by atoms with E-state index in [9.17, 15) is 4.79 Å². The highest BCUT2D eigenvalue weighted by molar-refractivity contribution is 5.74. The molecule has 1 heterocycles. The zero-order valence-corrected chi connectivity index (χ0v) is 17.0. The second-order valence-electron chi connectivity index (χ2n) is 7.22. The van der Waals surface area contributed by atoms with Crippen molar-refractivity contribution in [3.63, 3.8) is 0 Å². The molecule has 0 unspecified atom stereocenters. The van der Waals surface area contributed by atoms with E-state index in [2.05, 4.69) is 45.4 Å². The van der Waals surface area contributed by atoms with Gasteiger partial charge in [-0.25, -0.2) is 4.79 Å². The Morgan fingerprint density at radius 1 is 1.07 bits per heavy atom. The smallest absolute Gasteiger partial charge is 0.317 e. The summed E-state index contributed by atoms with van der Waals surface area (Å²) in [4.78, 5) is 18.8. The first kappa shape index (κ1) is 19.9. The summed E-state index contributed by atoms with van der Waals surface area (Å²) >= 11 is 0. The van der Waals surface area contributed by atoms with Gasteiger partial charge >= 0.3 is 6.03 Å². The molecular weight excluding hydrogens is 352 g/mol. The standard InChI is InChI=1S/C22H30N4O2/c1-24(2)19-7-9-20(10-8-19)25-13-15-26(16-14-25)22(27)23-12-11-18-5-4-6-21(17-18)28-3/h4-10,17H,11-16H2,1-3H3,(H,23,27). The number of nitrogens with zero attached hydrogens (tertiary/aromatic N) is 3. The topological polar surface area (TPSA) is 48.1 Å². The Labute approximate surface area is 167 Å². The Kier molecular flexibility index (Phi) is 6.63. The lowest BCUT2D eigenvalue weighted by Crippen LogP contribution is -2.52. The maximum Gasteiger partial charge on any atom is 0.317 e. The molecule has 2 aromatic carbocycles. The van der Waals surface area contributed by atoms with Gasteiger partial charge in [-0.1, -0.05) is 12.1 Å². The number of nitrogens with one attached hydrogen (secondary N) is 1. The zero-order chi connectivity index (χ0) is 19.9. The first-order valence-electron chi connectivity index (χ1n) is 9.75. The number of carbonyl (C=O) groups excluding carboxylic acids is 1. The number of benzene rings is 2. The van der Waals surface area contributed by atoms with Crippen LogP contribution in [0.2, 0.25) is 0 Å². The Morgan fingerprint density at radius 2 is 1.79 bits per heavy atom. The molecule has 28 heavy (non-hydrogen) atoms. The van der Waals surface area contributed by atoms with Gasteiger partial charge in [0.2, 0.25) is 0 Å². The maximum absolute atomic E-state index is 12.4. The van der Waals surface area contributed by atoms with Gasteiger partial charge in [0.15, 0.2) is 0 Å². The van der Waals surface area contributed by atoms with Gasteiger partial charge < -0.3 is 24.8 Å². The number of carbonyl (C=O) groups is 1.